The monoisotopic (exact) mass is 204 g/mol. The minimum absolute atomic E-state index is 0.732. The number of allylic oxidation sites excluding steroid dienone is 2. The number of rotatable bonds is 3. The summed E-state index contributed by atoms with van der Waals surface area (Å²) in [6.07, 6.45) is 4.82. The van der Waals surface area contributed by atoms with Gasteiger partial charge in [-0.2, -0.15) is 0 Å². The predicted molar refractivity (Wildman–Crippen MR) is 65.2 cm³/mol. The molecule has 0 radical (unpaired) electrons. The molecule has 1 saturated heterocycles. The van der Waals surface area contributed by atoms with E-state index in [2.05, 4.69) is 30.1 Å². The smallest absolute Gasteiger partial charge is 0.0431 e. The molecule has 0 aromatic rings. The third kappa shape index (κ3) is 2.05. The number of hydrogen-bond donors (Lipinski definition) is 0. The van der Waals surface area contributed by atoms with Crippen molar-refractivity contribution in [1.82, 2.24) is 4.90 Å². The average Bonchev–Trinajstić information content (AvgIpc) is 2.15. The van der Waals surface area contributed by atoms with E-state index >= 15 is 0 Å². The Morgan fingerprint density at radius 3 is 2.67 bits per heavy atom. The lowest BCUT2D eigenvalue weighted by Gasteiger charge is -2.41. The highest BCUT2D eigenvalue weighted by Crippen LogP contribution is 2.33. The number of aliphatic imine (C=N–C) groups is 1. The molecular formula is C13H20N2. The van der Waals surface area contributed by atoms with Crippen LogP contribution in [-0.4, -0.2) is 30.7 Å². The van der Waals surface area contributed by atoms with Gasteiger partial charge in [0.1, 0.15) is 0 Å². The molecule has 1 aliphatic carbocycles. The fourth-order valence-electron chi connectivity index (χ4n) is 2.52. The van der Waals surface area contributed by atoms with Crippen LogP contribution in [0.15, 0.2) is 28.4 Å². The molecule has 1 fully saturated rings. The minimum Gasteiger partial charge on any atom is -0.300 e. The molecule has 82 valence electrons. The van der Waals surface area contributed by atoms with Crippen LogP contribution in [0.25, 0.3) is 0 Å². The summed E-state index contributed by atoms with van der Waals surface area (Å²) in [6.45, 7) is 12.4. The van der Waals surface area contributed by atoms with E-state index in [1.165, 1.54) is 42.8 Å². The second-order valence-electron chi connectivity index (χ2n) is 4.65. The number of hydrogen-bond acceptors (Lipinski definition) is 2. The molecule has 0 spiro atoms. The minimum atomic E-state index is 0.732. The zero-order valence-corrected chi connectivity index (χ0v) is 9.63. The molecular weight excluding hydrogens is 184 g/mol. The molecule has 0 amide bonds. The number of nitrogens with zero attached hydrogens (tertiary/aromatic N) is 2. The Morgan fingerprint density at radius 2 is 2.20 bits per heavy atom. The third-order valence-corrected chi connectivity index (χ3v) is 3.62. The van der Waals surface area contributed by atoms with E-state index in [0.717, 1.165) is 18.9 Å². The largest absolute Gasteiger partial charge is 0.300 e. The molecule has 0 aromatic heterocycles. The first-order valence-corrected chi connectivity index (χ1v) is 5.81. The SMILES string of the molecule is C=NC1=C(C(=C)C)CC(N2CCC2)CC1. The lowest BCUT2D eigenvalue weighted by molar-refractivity contribution is 0.108. The summed E-state index contributed by atoms with van der Waals surface area (Å²) in [5.41, 5.74) is 3.70. The Kier molecular flexibility index (Phi) is 3.06. The van der Waals surface area contributed by atoms with Crippen molar-refractivity contribution in [3.8, 4) is 0 Å². The van der Waals surface area contributed by atoms with Crippen LogP contribution in [0.2, 0.25) is 0 Å². The maximum absolute atomic E-state index is 4.14. The molecule has 1 atom stereocenters. The standard InChI is InChI=1S/C13H20N2/c1-10(2)12-9-11(15-7-4-8-15)5-6-13(12)14-3/h11H,1,3-9H2,2H3. The maximum atomic E-state index is 4.14. The van der Waals surface area contributed by atoms with Crippen molar-refractivity contribution < 1.29 is 0 Å². The third-order valence-electron chi connectivity index (χ3n) is 3.62. The van der Waals surface area contributed by atoms with Crippen LogP contribution in [0.5, 0.6) is 0 Å². The summed E-state index contributed by atoms with van der Waals surface area (Å²) >= 11 is 0. The molecule has 2 nitrogen and oxygen atoms in total. The van der Waals surface area contributed by atoms with Crippen LogP contribution < -0.4 is 0 Å². The van der Waals surface area contributed by atoms with Gasteiger partial charge in [-0.3, -0.25) is 9.89 Å². The van der Waals surface area contributed by atoms with Gasteiger partial charge in [0.05, 0.1) is 0 Å². The Balaban J connectivity index is 2.11. The summed E-state index contributed by atoms with van der Waals surface area (Å²) in [7, 11) is 0. The van der Waals surface area contributed by atoms with E-state index < -0.39 is 0 Å². The molecule has 0 bridgehead atoms. The summed E-state index contributed by atoms with van der Waals surface area (Å²) in [6, 6.07) is 0.732. The molecule has 0 saturated carbocycles. The molecule has 2 heteroatoms. The molecule has 0 N–H and O–H groups in total. The molecule has 2 aliphatic rings. The fraction of sp³-hybridized carbons (Fsp3) is 0.615. The van der Waals surface area contributed by atoms with Crippen LogP contribution in [0, 0.1) is 0 Å². The lowest BCUT2D eigenvalue weighted by Crippen LogP contribution is -2.46. The Labute approximate surface area is 92.4 Å². The van der Waals surface area contributed by atoms with Crippen LogP contribution in [0.1, 0.15) is 32.6 Å². The molecule has 1 heterocycles. The van der Waals surface area contributed by atoms with Crippen molar-refractivity contribution >= 4 is 6.72 Å². The molecule has 15 heavy (non-hydrogen) atoms. The normalized spacial score (nSPS) is 27.4. The quantitative estimate of drug-likeness (QED) is 0.645. The van der Waals surface area contributed by atoms with Gasteiger partial charge in [-0.15, -0.1) is 0 Å². The van der Waals surface area contributed by atoms with Gasteiger partial charge in [0.2, 0.25) is 0 Å². The number of likely N-dealkylation sites (tertiary alicyclic amines) is 1. The van der Waals surface area contributed by atoms with E-state index in [1.54, 1.807) is 0 Å². The summed E-state index contributed by atoms with van der Waals surface area (Å²) in [5.74, 6) is 0. The lowest BCUT2D eigenvalue weighted by atomic mass is 9.86. The van der Waals surface area contributed by atoms with E-state index in [-0.39, 0.29) is 0 Å². The van der Waals surface area contributed by atoms with E-state index in [1.807, 2.05) is 0 Å². The second kappa shape index (κ2) is 4.31. The van der Waals surface area contributed by atoms with E-state index in [4.69, 9.17) is 0 Å². The average molecular weight is 204 g/mol. The summed E-state index contributed by atoms with van der Waals surface area (Å²) in [5, 5.41) is 0. The first-order chi connectivity index (χ1) is 7.22. The van der Waals surface area contributed by atoms with Gasteiger partial charge in [-0.05, 0) is 58.0 Å². The van der Waals surface area contributed by atoms with Gasteiger partial charge in [-0.1, -0.05) is 12.2 Å². The van der Waals surface area contributed by atoms with Gasteiger partial charge in [0.15, 0.2) is 0 Å². The van der Waals surface area contributed by atoms with Crippen LogP contribution in [0.3, 0.4) is 0 Å². The van der Waals surface area contributed by atoms with Crippen molar-refractivity contribution in [2.75, 3.05) is 13.1 Å². The van der Waals surface area contributed by atoms with Gasteiger partial charge < -0.3 is 0 Å². The molecule has 0 aromatic carbocycles. The van der Waals surface area contributed by atoms with Crippen LogP contribution >= 0.6 is 0 Å². The van der Waals surface area contributed by atoms with Crippen molar-refractivity contribution in [2.24, 2.45) is 4.99 Å². The highest BCUT2D eigenvalue weighted by molar-refractivity contribution is 5.39. The van der Waals surface area contributed by atoms with Gasteiger partial charge >= 0.3 is 0 Å². The Hall–Kier alpha value is -0.890. The highest BCUT2D eigenvalue weighted by atomic mass is 15.2. The molecule has 2 rings (SSSR count). The van der Waals surface area contributed by atoms with Crippen molar-refractivity contribution in [3.63, 3.8) is 0 Å². The highest BCUT2D eigenvalue weighted by Gasteiger charge is 2.28. The topological polar surface area (TPSA) is 15.6 Å². The van der Waals surface area contributed by atoms with Gasteiger partial charge in [-0.25, -0.2) is 0 Å². The Bertz CT molecular complexity index is 310. The van der Waals surface area contributed by atoms with Crippen molar-refractivity contribution in [3.05, 3.63) is 23.4 Å². The van der Waals surface area contributed by atoms with Crippen LogP contribution in [-0.2, 0) is 0 Å². The zero-order valence-electron chi connectivity index (χ0n) is 9.63. The van der Waals surface area contributed by atoms with Crippen molar-refractivity contribution in [2.45, 2.75) is 38.6 Å². The van der Waals surface area contributed by atoms with E-state index in [0.29, 0.717) is 0 Å². The van der Waals surface area contributed by atoms with E-state index in [9.17, 15) is 0 Å². The first-order valence-electron chi connectivity index (χ1n) is 5.81. The van der Waals surface area contributed by atoms with Gasteiger partial charge in [0.25, 0.3) is 0 Å². The molecule has 1 aliphatic heterocycles. The summed E-state index contributed by atoms with van der Waals surface area (Å²) in [4.78, 5) is 6.72. The van der Waals surface area contributed by atoms with Crippen molar-refractivity contribution in [1.29, 1.82) is 0 Å². The first kappa shape index (κ1) is 10.6. The Morgan fingerprint density at radius 1 is 1.47 bits per heavy atom. The summed E-state index contributed by atoms with van der Waals surface area (Å²) < 4.78 is 0. The maximum Gasteiger partial charge on any atom is 0.0431 e. The fourth-order valence-corrected chi connectivity index (χ4v) is 2.52. The van der Waals surface area contributed by atoms with Crippen LogP contribution in [0.4, 0.5) is 0 Å². The second-order valence-corrected chi connectivity index (χ2v) is 4.65. The molecule has 1 unspecified atom stereocenters. The van der Waals surface area contributed by atoms with Gasteiger partial charge in [0, 0.05) is 11.7 Å². The zero-order chi connectivity index (χ0) is 10.8. The predicted octanol–water partition coefficient (Wildman–Crippen LogP) is 2.78.